The largest absolute Gasteiger partial charge is 0.496 e. The molecule has 0 aliphatic rings. The highest BCUT2D eigenvalue weighted by molar-refractivity contribution is 9.10. The van der Waals surface area contributed by atoms with Crippen LogP contribution >= 0.6 is 39.7 Å². The number of rotatable bonds is 5. The van der Waals surface area contributed by atoms with Gasteiger partial charge in [0.15, 0.2) is 10.9 Å². The lowest BCUT2D eigenvalue weighted by Crippen LogP contribution is -2.34. The van der Waals surface area contributed by atoms with Crippen molar-refractivity contribution in [1.82, 2.24) is 5.32 Å². The van der Waals surface area contributed by atoms with Crippen LogP contribution in [0.25, 0.3) is 0 Å². The fourth-order valence-corrected chi connectivity index (χ4v) is 3.80. The number of anilines is 2. The molecule has 0 fully saturated rings. The van der Waals surface area contributed by atoms with Gasteiger partial charge < -0.3 is 19.8 Å². The second-order valence-corrected chi connectivity index (χ2v) is 8.07. The number of amides is 2. The second-order valence-electron chi connectivity index (χ2n) is 6.34. The van der Waals surface area contributed by atoms with Crippen LogP contribution in [0.15, 0.2) is 57.6 Å². The van der Waals surface area contributed by atoms with E-state index in [2.05, 4.69) is 31.9 Å². The van der Waals surface area contributed by atoms with E-state index in [-0.39, 0.29) is 15.9 Å². The average Bonchev–Trinajstić information content (AvgIpc) is 3.24. The van der Waals surface area contributed by atoms with Gasteiger partial charge in [0.1, 0.15) is 5.75 Å². The van der Waals surface area contributed by atoms with Crippen LogP contribution in [-0.4, -0.2) is 24.0 Å². The van der Waals surface area contributed by atoms with E-state index in [0.717, 1.165) is 10.0 Å². The Kier molecular flexibility index (Phi) is 7.32. The summed E-state index contributed by atoms with van der Waals surface area (Å²) in [6.45, 7) is 1.84. The number of nitrogens with one attached hydrogen (secondary N) is 3. The number of carbonyl (C=O) groups excluding carboxylic acids is 2. The number of aryl methyl sites for hydroxylation is 1. The van der Waals surface area contributed by atoms with Crippen LogP contribution in [0.3, 0.4) is 0 Å². The Morgan fingerprint density at radius 1 is 1.13 bits per heavy atom. The minimum Gasteiger partial charge on any atom is -0.496 e. The van der Waals surface area contributed by atoms with E-state index >= 15 is 0 Å². The Morgan fingerprint density at radius 2 is 1.90 bits per heavy atom. The van der Waals surface area contributed by atoms with Crippen molar-refractivity contribution in [3.63, 3.8) is 0 Å². The van der Waals surface area contributed by atoms with Gasteiger partial charge >= 0.3 is 0 Å². The van der Waals surface area contributed by atoms with Crippen LogP contribution in [0.5, 0.6) is 5.75 Å². The summed E-state index contributed by atoms with van der Waals surface area (Å²) in [6.07, 6.45) is 1.41. The summed E-state index contributed by atoms with van der Waals surface area (Å²) in [7, 11) is 1.50. The summed E-state index contributed by atoms with van der Waals surface area (Å²) in [5.41, 5.74) is 2.08. The van der Waals surface area contributed by atoms with Crippen LogP contribution in [0.4, 0.5) is 11.4 Å². The molecule has 31 heavy (non-hydrogen) atoms. The molecule has 0 saturated carbocycles. The molecule has 3 aromatic rings. The van der Waals surface area contributed by atoms with E-state index < -0.39 is 11.8 Å². The molecule has 0 radical (unpaired) electrons. The molecule has 7 nitrogen and oxygen atoms in total. The van der Waals surface area contributed by atoms with Crippen LogP contribution in [0.1, 0.15) is 26.5 Å². The highest BCUT2D eigenvalue weighted by Crippen LogP contribution is 2.28. The molecular weight excluding hydrogens is 506 g/mol. The van der Waals surface area contributed by atoms with Crippen molar-refractivity contribution in [2.75, 3.05) is 17.7 Å². The van der Waals surface area contributed by atoms with E-state index in [1.165, 1.54) is 13.4 Å². The first-order valence-electron chi connectivity index (χ1n) is 8.89. The Hall–Kier alpha value is -2.88. The summed E-state index contributed by atoms with van der Waals surface area (Å²) in [5, 5.41) is 8.52. The van der Waals surface area contributed by atoms with Gasteiger partial charge in [-0.3, -0.25) is 14.9 Å². The van der Waals surface area contributed by atoms with Crippen molar-refractivity contribution in [3.8, 4) is 5.75 Å². The molecule has 0 bridgehead atoms. The molecule has 2 aromatic carbocycles. The van der Waals surface area contributed by atoms with Gasteiger partial charge in [0.05, 0.1) is 29.6 Å². The number of furan rings is 1. The minimum atomic E-state index is -0.424. The Balaban J connectivity index is 1.66. The van der Waals surface area contributed by atoms with Crippen molar-refractivity contribution < 1.29 is 18.7 Å². The number of hydrogen-bond donors (Lipinski definition) is 3. The molecule has 1 heterocycles. The van der Waals surface area contributed by atoms with Crippen LogP contribution in [0.2, 0.25) is 5.02 Å². The van der Waals surface area contributed by atoms with Gasteiger partial charge in [-0.05, 0) is 67.2 Å². The van der Waals surface area contributed by atoms with Gasteiger partial charge in [0.2, 0.25) is 0 Å². The molecule has 1 aromatic heterocycles. The van der Waals surface area contributed by atoms with Gasteiger partial charge in [0, 0.05) is 10.2 Å². The molecule has 160 valence electrons. The summed E-state index contributed by atoms with van der Waals surface area (Å²) >= 11 is 14.9. The monoisotopic (exact) mass is 521 g/mol. The second kappa shape index (κ2) is 9.95. The van der Waals surface area contributed by atoms with Crippen LogP contribution < -0.4 is 20.7 Å². The van der Waals surface area contributed by atoms with Gasteiger partial charge in [0.25, 0.3) is 11.8 Å². The Morgan fingerprint density at radius 3 is 2.55 bits per heavy atom. The fraction of sp³-hybridized carbons (Fsp3) is 0.0952. The number of methoxy groups -OCH3 is 1. The molecule has 0 saturated heterocycles. The van der Waals surface area contributed by atoms with Crippen molar-refractivity contribution >= 4 is 68.1 Å². The number of ether oxygens (including phenoxy) is 1. The molecule has 10 heteroatoms. The minimum absolute atomic E-state index is 0.0770. The normalized spacial score (nSPS) is 10.3. The number of halogens is 2. The molecule has 0 unspecified atom stereocenters. The lowest BCUT2D eigenvalue weighted by molar-refractivity contribution is 0.0972. The number of thiocarbonyl (C=S) groups is 1. The van der Waals surface area contributed by atoms with Crippen LogP contribution in [0, 0.1) is 6.92 Å². The summed E-state index contributed by atoms with van der Waals surface area (Å²) < 4.78 is 11.1. The van der Waals surface area contributed by atoms with Gasteiger partial charge in [-0.15, -0.1) is 0 Å². The quantitative estimate of drug-likeness (QED) is 0.389. The third-order valence-corrected chi connectivity index (χ3v) is 5.11. The Labute approximate surface area is 197 Å². The SMILES string of the molecule is COc1c(C)cc(Br)cc1C(=O)NC(=S)Nc1ccc(NC(=O)c2ccco2)c(Cl)c1. The van der Waals surface area contributed by atoms with E-state index in [1.807, 2.05) is 13.0 Å². The fourth-order valence-electron chi connectivity index (χ4n) is 2.79. The zero-order chi connectivity index (χ0) is 22.5. The highest BCUT2D eigenvalue weighted by Gasteiger charge is 2.17. The van der Waals surface area contributed by atoms with Gasteiger partial charge in [-0.1, -0.05) is 27.5 Å². The van der Waals surface area contributed by atoms with E-state index in [1.54, 1.807) is 36.4 Å². The topological polar surface area (TPSA) is 92.6 Å². The average molecular weight is 523 g/mol. The highest BCUT2D eigenvalue weighted by atomic mass is 79.9. The zero-order valence-corrected chi connectivity index (χ0v) is 19.6. The molecular formula is C21H17BrClN3O4S. The first-order valence-corrected chi connectivity index (χ1v) is 10.5. The van der Waals surface area contributed by atoms with Crippen molar-refractivity contribution in [3.05, 3.63) is 75.1 Å². The third kappa shape index (κ3) is 5.63. The van der Waals surface area contributed by atoms with Gasteiger partial charge in [-0.25, -0.2) is 0 Å². The molecule has 3 rings (SSSR count). The number of carbonyl (C=O) groups is 2. The third-order valence-electron chi connectivity index (χ3n) is 4.14. The van der Waals surface area contributed by atoms with Crippen LogP contribution in [-0.2, 0) is 0 Å². The predicted molar refractivity (Wildman–Crippen MR) is 127 cm³/mol. The zero-order valence-electron chi connectivity index (χ0n) is 16.4. The maximum atomic E-state index is 12.7. The standard InChI is InChI=1S/C21H17BrClN3O4S/c1-11-8-12(22)9-14(18(11)29-2)19(27)26-21(31)24-13-5-6-16(15(23)10-13)25-20(28)17-4-3-7-30-17/h3-10H,1-2H3,(H,25,28)(H2,24,26,27,31). The van der Waals surface area contributed by atoms with E-state index in [9.17, 15) is 9.59 Å². The van der Waals surface area contributed by atoms with Crippen molar-refractivity contribution in [2.24, 2.45) is 0 Å². The lowest BCUT2D eigenvalue weighted by Gasteiger charge is -2.14. The Bertz CT molecular complexity index is 1150. The molecule has 0 spiro atoms. The maximum absolute atomic E-state index is 12.7. The molecule has 0 aliphatic heterocycles. The number of hydrogen-bond acceptors (Lipinski definition) is 5. The van der Waals surface area contributed by atoms with E-state index in [4.69, 9.17) is 33.0 Å². The molecule has 0 aliphatic carbocycles. The molecule has 0 atom stereocenters. The molecule has 3 N–H and O–H groups in total. The van der Waals surface area contributed by atoms with Crippen molar-refractivity contribution in [1.29, 1.82) is 0 Å². The first kappa shape index (κ1) is 22.8. The van der Waals surface area contributed by atoms with Crippen molar-refractivity contribution in [2.45, 2.75) is 6.92 Å². The summed E-state index contributed by atoms with van der Waals surface area (Å²) in [4.78, 5) is 24.7. The first-order chi connectivity index (χ1) is 14.8. The van der Waals surface area contributed by atoms with E-state index in [0.29, 0.717) is 22.7 Å². The predicted octanol–water partition coefficient (Wildman–Crippen LogP) is 5.39. The number of benzene rings is 2. The maximum Gasteiger partial charge on any atom is 0.291 e. The summed E-state index contributed by atoms with van der Waals surface area (Å²) in [6, 6.07) is 11.5. The molecule has 2 amide bonds. The van der Waals surface area contributed by atoms with Gasteiger partial charge in [-0.2, -0.15) is 0 Å². The summed E-state index contributed by atoms with van der Waals surface area (Å²) in [5.74, 6) is -0.218. The lowest BCUT2D eigenvalue weighted by atomic mass is 10.1. The smallest absolute Gasteiger partial charge is 0.291 e.